The number of aromatic nitrogens is 2. The van der Waals surface area contributed by atoms with E-state index >= 15 is 0 Å². The summed E-state index contributed by atoms with van der Waals surface area (Å²) in [5.41, 5.74) is 0.229. The van der Waals surface area contributed by atoms with Gasteiger partial charge in [-0.05, 0) is 24.5 Å². The average Bonchev–Trinajstić information content (AvgIpc) is 2.87. The van der Waals surface area contributed by atoms with Gasteiger partial charge in [0.25, 0.3) is 0 Å². The van der Waals surface area contributed by atoms with Crippen LogP contribution in [0.2, 0.25) is 0 Å². The molecule has 0 spiro atoms. The highest BCUT2D eigenvalue weighted by Crippen LogP contribution is 2.29. The van der Waals surface area contributed by atoms with Crippen LogP contribution in [0.4, 0.5) is 0 Å². The summed E-state index contributed by atoms with van der Waals surface area (Å²) in [4.78, 5) is 6.89. The summed E-state index contributed by atoms with van der Waals surface area (Å²) >= 11 is 1.85. The third-order valence-corrected chi connectivity index (χ3v) is 4.06. The van der Waals surface area contributed by atoms with Crippen LogP contribution in [-0.2, 0) is 18.5 Å². The van der Waals surface area contributed by atoms with Gasteiger partial charge in [-0.25, -0.2) is 0 Å². The van der Waals surface area contributed by atoms with Gasteiger partial charge in [-0.15, -0.1) is 11.3 Å². The molecule has 5 heteroatoms. The van der Waals surface area contributed by atoms with Gasteiger partial charge < -0.3 is 9.84 Å². The fourth-order valence-electron chi connectivity index (χ4n) is 1.58. The molecular formula is C13H19N3OS. The van der Waals surface area contributed by atoms with Crippen LogP contribution in [0.25, 0.3) is 0 Å². The maximum atomic E-state index is 5.04. The van der Waals surface area contributed by atoms with Crippen LogP contribution in [0.5, 0.6) is 0 Å². The van der Waals surface area contributed by atoms with Crippen LogP contribution < -0.4 is 5.32 Å². The molecule has 0 radical (unpaired) electrons. The molecular weight excluding hydrogens is 246 g/mol. The van der Waals surface area contributed by atoms with E-state index in [2.05, 4.69) is 48.4 Å². The number of rotatable bonds is 4. The Morgan fingerprint density at radius 2 is 2.06 bits per heavy atom. The summed E-state index contributed by atoms with van der Waals surface area (Å²) < 4.78 is 5.04. The molecule has 2 aromatic heterocycles. The molecule has 0 aliphatic carbocycles. The molecule has 0 amide bonds. The van der Waals surface area contributed by atoms with Gasteiger partial charge in [-0.3, -0.25) is 0 Å². The van der Waals surface area contributed by atoms with Crippen molar-refractivity contribution in [2.75, 3.05) is 0 Å². The van der Waals surface area contributed by atoms with Crippen molar-refractivity contribution in [2.24, 2.45) is 0 Å². The van der Waals surface area contributed by atoms with E-state index in [0.717, 1.165) is 6.54 Å². The van der Waals surface area contributed by atoms with Crippen molar-refractivity contribution >= 4 is 11.3 Å². The Hall–Kier alpha value is -1.20. The summed E-state index contributed by atoms with van der Waals surface area (Å²) in [7, 11) is 0. The van der Waals surface area contributed by atoms with Gasteiger partial charge in [-0.2, -0.15) is 4.98 Å². The van der Waals surface area contributed by atoms with Crippen molar-refractivity contribution in [3.63, 3.8) is 0 Å². The minimum atomic E-state index is 0.229. The van der Waals surface area contributed by atoms with E-state index in [4.69, 9.17) is 4.52 Å². The first-order valence-corrected chi connectivity index (χ1v) is 6.86. The quantitative estimate of drug-likeness (QED) is 0.923. The Kier molecular flexibility index (Phi) is 3.82. The van der Waals surface area contributed by atoms with Gasteiger partial charge >= 0.3 is 0 Å². The molecule has 0 saturated carbocycles. The van der Waals surface area contributed by atoms with E-state index in [1.807, 2.05) is 18.3 Å². The molecule has 1 N–H and O–H groups in total. The lowest BCUT2D eigenvalue weighted by Gasteiger charge is -2.15. The van der Waals surface area contributed by atoms with Crippen LogP contribution in [0.15, 0.2) is 16.7 Å². The molecule has 18 heavy (non-hydrogen) atoms. The Morgan fingerprint density at radius 1 is 1.28 bits per heavy atom. The summed E-state index contributed by atoms with van der Waals surface area (Å²) in [6, 6.07) is 4.38. The highest BCUT2D eigenvalue weighted by Gasteiger charge is 2.15. The van der Waals surface area contributed by atoms with E-state index in [0.29, 0.717) is 18.3 Å². The molecule has 0 aliphatic rings. The van der Waals surface area contributed by atoms with Gasteiger partial charge in [0.2, 0.25) is 5.89 Å². The number of hydrogen-bond donors (Lipinski definition) is 1. The molecule has 2 heterocycles. The number of aryl methyl sites for hydroxylation is 1. The SMILES string of the molecule is Cc1noc(CNCc2ccc(C(C)(C)C)s2)n1. The Bertz CT molecular complexity index is 510. The summed E-state index contributed by atoms with van der Waals surface area (Å²) in [6.45, 7) is 9.97. The van der Waals surface area contributed by atoms with Crippen molar-refractivity contribution in [3.8, 4) is 0 Å². The molecule has 0 atom stereocenters. The van der Waals surface area contributed by atoms with E-state index < -0.39 is 0 Å². The van der Waals surface area contributed by atoms with Crippen LogP contribution in [-0.4, -0.2) is 10.1 Å². The van der Waals surface area contributed by atoms with Crippen LogP contribution in [0.3, 0.4) is 0 Å². The first-order valence-electron chi connectivity index (χ1n) is 6.04. The zero-order valence-electron chi connectivity index (χ0n) is 11.3. The molecule has 2 aromatic rings. The lowest BCUT2D eigenvalue weighted by atomic mass is 9.95. The molecule has 0 unspecified atom stereocenters. The minimum absolute atomic E-state index is 0.229. The van der Waals surface area contributed by atoms with Crippen LogP contribution >= 0.6 is 11.3 Å². The molecule has 4 nitrogen and oxygen atoms in total. The lowest BCUT2D eigenvalue weighted by Crippen LogP contribution is -2.12. The van der Waals surface area contributed by atoms with Crippen molar-refractivity contribution in [1.82, 2.24) is 15.5 Å². The zero-order chi connectivity index (χ0) is 13.2. The van der Waals surface area contributed by atoms with Crippen molar-refractivity contribution in [2.45, 2.75) is 46.2 Å². The van der Waals surface area contributed by atoms with Gasteiger partial charge in [0, 0.05) is 16.3 Å². The van der Waals surface area contributed by atoms with Crippen LogP contribution in [0, 0.1) is 6.92 Å². The Morgan fingerprint density at radius 3 is 2.61 bits per heavy atom. The lowest BCUT2D eigenvalue weighted by molar-refractivity contribution is 0.364. The first-order chi connectivity index (χ1) is 8.45. The van der Waals surface area contributed by atoms with Crippen LogP contribution in [0.1, 0.15) is 42.2 Å². The summed E-state index contributed by atoms with van der Waals surface area (Å²) in [5, 5.41) is 7.07. The second kappa shape index (κ2) is 5.20. The minimum Gasteiger partial charge on any atom is -0.338 e. The fraction of sp³-hybridized carbons (Fsp3) is 0.538. The standard InChI is InChI=1S/C13H19N3OS/c1-9-15-12(17-16-9)8-14-7-10-5-6-11(18-10)13(2,3)4/h5-6,14H,7-8H2,1-4H3. The fourth-order valence-corrected chi connectivity index (χ4v) is 2.62. The van der Waals surface area contributed by atoms with Gasteiger partial charge in [-0.1, -0.05) is 25.9 Å². The third kappa shape index (κ3) is 3.40. The summed E-state index contributed by atoms with van der Waals surface area (Å²) in [5.74, 6) is 1.32. The Labute approximate surface area is 111 Å². The molecule has 0 aromatic carbocycles. The van der Waals surface area contributed by atoms with Gasteiger partial charge in [0.05, 0.1) is 6.54 Å². The number of thiophene rings is 1. The third-order valence-electron chi connectivity index (χ3n) is 2.55. The second-order valence-electron chi connectivity index (χ2n) is 5.35. The second-order valence-corrected chi connectivity index (χ2v) is 6.52. The smallest absolute Gasteiger partial charge is 0.240 e. The predicted molar refractivity (Wildman–Crippen MR) is 72.6 cm³/mol. The van der Waals surface area contributed by atoms with E-state index in [-0.39, 0.29) is 5.41 Å². The van der Waals surface area contributed by atoms with E-state index in [1.54, 1.807) is 0 Å². The summed E-state index contributed by atoms with van der Waals surface area (Å²) in [6.07, 6.45) is 0. The zero-order valence-corrected chi connectivity index (χ0v) is 12.1. The average molecular weight is 265 g/mol. The first kappa shape index (κ1) is 13.2. The van der Waals surface area contributed by atoms with Crippen molar-refractivity contribution in [3.05, 3.63) is 33.6 Å². The maximum absolute atomic E-state index is 5.04. The molecule has 0 aliphatic heterocycles. The predicted octanol–water partition coefficient (Wildman–Crippen LogP) is 3.03. The van der Waals surface area contributed by atoms with Gasteiger partial charge in [0.1, 0.15) is 0 Å². The topological polar surface area (TPSA) is 51.0 Å². The number of nitrogens with zero attached hydrogens (tertiary/aromatic N) is 2. The molecule has 0 saturated heterocycles. The molecule has 0 fully saturated rings. The monoisotopic (exact) mass is 265 g/mol. The van der Waals surface area contributed by atoms with E-state index in [9.17, 15) is 0 Å². The Balaban J connectivity index is 1.85. The molecule has 98 valence electrons. The van der Waals surface area contributed by atoms with Gasteiger partial charge in [0.15, 0.2) is 5.82 Å². The highest BCUT2D eigenvalue weighted by molar-refractivity contribution is 7.12. The number of hydrogen-bond acceptors (Lipinski definition) is 5. The van der Waals surface area contributed by atoms with Crippen molar-refractivity contribution < 1.29 is 4.52 Å². The number of nitrogens with one attached hydrogen (secondary N) is 1. The molecule has 2 rings (SSSR count). The largest absolute Gasteiger partial charge is 0.338 e. The van der Waals surface area contributed by atoms with Crippen molar-refractivity contribution in [1.29, 1.82) is 0 Å². The maximum Gasteiger partial charge on any atom is 0.240 e. The molecule has 0 bridgehead atoms. The van der Waals surface area contributed by atoms with E-state index in [1.165, 1.54) is 9.75 Å². The normalized spacial score (nSPS) is 12.0. The highest BCUT2D eigenvalue weighted by atomic mass is 32.1.